The third-order valence-corrected chi connectivity index (χ3v) is 4.85. The Morgan fingerprint density at radius 1 is 1.40 bits per heavy atom. The maximum Gasteiger partial charge on any atom is 0.326 e. The molecule has 2 amide bonds. The summed E-state index contributed by atoms with van der Waals surface area (Å²) in [5, 5.41) is 11.7. The number of hydrogen-bond acceptors (Lipinski definition) is 4. The molecule has 1 saturated heterocycles. The number of nitrogens with one attached hydrogen (secondary N) is 1. The molecule has 7 heteroatoms. The molecule has 2 N–H and O–H groups in total. The van der Waals surface area contributed by atoms with Crippen LogP contribution in [0.5, 0.6) is 0 Å². The van der Waals surface area contributed by atoms with Gasteiger partial charge >= 0.3 is 5.97 Å². The second-order valence-corrected chi connectivity index (χ2v) is 6.69. The highest BCUT2D eigenvalue weighted by atomic mass is 32.2. The summed E-state index contributed by atoms with van der Waals surface area (Å²) in [5.74, 6) is -2.15. The van der Waals surface area contributed by atoms with Crippen molar-refractivity contribution in [1.29, 1.82) is 0 Å². The molecule has 1 aliphatic heterocycles. The second kappa shape index (κ2) is 8.71. The number of hydrogen-bond donors (Lipinski definition) is 2. The lowest BCUT2D eigenvalue weighted by Crippen LogP contribution is -2.44. The quantitative estimate of drug-likeness (QED) is 0.574. The van der Waals surface area contributed by atoms with Crippen LogP contribution >= 0.6 is 11.8 Å². The molecule has 1 heterocycles. The number of rotatable bonds is 7. The topological polar surface area (TPSA) is 86.7 Å². The Morgan fingerprint density at radius 3 is 2.64 bits per heavy atom. The van der Waals surface area contributed by atoms with Gasteiger partial charge in [0.05, 0.1) is 5.92 Å². The Balaban J connectivity index is 2.02. The molecular formula is C18H22N2O4S. The number of allylic oxidation sites excluding steroid dienone is 1. The van der Waals surface area contributed by atoms with Gasteiger partial charge in [-0.15, -0.1) is 11.8 Å². The summed E-state index contributed by atoms with van der Waals surface area (Å²) in [4.78, 5) is 38.5. The summed E-state index contributed by atoms with van der Waals surface area (Å²) in [6, 6.07) is 6.59. The zero-order chi connectivity index (χ0) is 18.4. The lowest BCUT2D eigenvalue weighted by molar-refractivity contribution is -0.142. The van der Waals surface area contributed by atoms with E-state index in [1.54, 1.807) is 35.7 Å². The number of carbonyl (C=O) groups excluding carboxylic acids is 2. The molecule has 1 aromatic rings. The Bertz CT molecular complexity index is 672. The summed E-state index contributed by atoms with van der Waals surface area (Å²) < 4.78 is 0. The summed E-state index contributed by atoms with van der Waals surface area (Å²) in [6.45, 7) is 2.05. The van der Waals surface area contributed by atoms with E-state index in [1.807, 2.05) is 30.5 Å². The van der Waals surface area contributed by atoms with Crippen molar-refractivity contribution >= 4 is 35.2 Å². The van der Waals surface area contributed by atoms with Gasteiger partial charge in [-0.2, -0.15) is 0 Å². The van der Waals surface area contributed by atoms with Gasteiger partial charge in [0.25, 0.3) is 0 Å². The van der Waals surface area contributed by atoms with Gasteiger partial charge in [-0.1, -0.05) is 12.2 Å². The fraction of sp³-hybridized carbons (Fsp3) is 0.389. The highest BCUT2D eigenvalue weighted by molar-refractivity contribution is 7.98. The van der Waals surface area contributed by atoms with E-state index in [0.717, 1.165) is 10.6 Å². The summed E-state index contributed by atoms with van der Waals surface area (Å²) >= 11 is 1.61. The van der Waals surface area contributed by atoms with Crippen molar-refractivity contribution in [3.05, 3.63) is 36.4 Å². The van der Waals surface area contributed by atoms with Gasteiger partial charge in [-0.3, -0.25) is 9.59 Å². The van der Waals surface area contributed by atoms with Crippen molar-refractivity contribution in [3.63, 3.8) is 0 Å². The number of amides is 2. The molecule has 2 atom stereocenters. The molecule has 1 aliphatic rings. The van der Waals surface area contributed by atoms with Gasteiger partial charge < -0.3 is 15.3 Å². The molecule has 0 spiro atoms. The molecular weight excluding hydrogens is 340 g/mol. The van der Waals surface area contributed by atoms with Crippen LogP contribution in [0.4, 0.5) is 5.69 Å². The Kier molecular flexibility index (Phi) is 6.64. The number of thioether (sulfide) groups is 1. The minimum absolute atomic E-state index is 0.0894. The van der Waals surface area contributed by atoms with Crippen molar-refractivity contribution in [1.82, 2.24) is 5.32 Å². The first-order chi connectivity index (χ1) is 12.0. The summed E-state index contributed by atoms with van der Waals surface area (Å²) in [7, 11) is 0. The van der Waals surface area contributed by atoms with Crippen LogP contribution in [0.25, 0.3) is 0 Å². The Morgan fingerprint density at radius 2 is 2.08 bits per heavy atom. The summed E-state index contributed by atoms with van der Waals surface area (Å²) in [6.07, 6.45) is 5.72. The molecule has 134 valence electrons. The first-order valence-electron chi connectivity index (χ1n) is 8.05. The normalized spacial score (nSPS) is 18.6. The van der Waals surface area contributed by atoms with Crippen LogP contribution in [0.1, 0.15) is 19.8 Å². The first-order valence-corrected chi connectivity index (χ1v) is 9.27. The average Bonchev–Trinajstić information content (AvgIpc) is 3.00. The van der Waals surface area contributed by atoms with Crippen molar-refractivity contribution in [2.24, 2.45) is 5.92 Å². The van der Waals surface area contributed by atoms with Crippen molar-refractivity contribution in [3.8, 4) is 0 Å². The molecule has 0 radical (unpaired) electrons. The van der Waals surface area contributed by atoms with E-state index in [2.05, 4.69) is 5.32 Å². The number of carboxylic acid groups (broad SMARTS) is 1. The third-order valence-electron chi connectivity index (χ3n) is 4.10. The predicted octanol–water partition coefficient (Wildman–Crippen LogP) is 2.30. The van der Waals surface area contributed by atoms with Gasteiger partial charge in [-0.25, -0.2) is 4.79 Å². The SMILES string of the molecule is C/C=C/CC(NC(=O)C1CC(=O)N(c2ccc(SC)cc2)C1)C(=O)O. The summed E-state index contributed by atoms with van der Waals surface area (Å²) in [5.41, 5.74) is 0.752. The highest BCUT2D eigenvalue weighted by Crippen LogP contribution is 2.27. The number of anilines is 1. The predicted molar refractivity (Wildman–Crippen MR) is 97.7 cm³/mol. The number of aliphatic carboxylic acids is 1. The zero-order valence-corrected chi connectivity index (χ0v) is 15.1. The fourth-order valence-electron chi connectivity index (χ4n) is 2.68. The van der Waals surface area contributed by atoms with Crippen LogP contribution in [-0.2, 0) is 14.4 Å². The lowest BCUT2D eigenvalue weighted by atomic mass is 10.1. The minimum Gasteiger partial charge on any atom is -0.480 e. The molecule has 2 rings (SSSR count). The van der Waals surface area contributed by atoms with Gasteiger partial charge in [0.15, 0.2) is 0 Å². The van der Waals surface area contributed by atoms with Crippen molar-refractivity contribution in [2.45, 2.75) is 30.7 Å². The van der Waals surface area contributed by atoms with E-state index in [0.29, 0.717) is 0 Å². The molecule has 0 aromatic heterocycles. The number of nitrogens with zero attached hydrogens (tertiary/aromatic N) is 1. The second-order valence-electron chi connectivity index (χ2n) is 5.81. The van der Waals surface area contributed by atoms with E-state index in [1.165, 1.54) is 0 Å². The van der Waals surface area contributed by atoms with Crippen molar-refractivity contribution in [2.75, 3.05) is 17.7 Å². The van der Waals surface area contributed by atoms with E-state index in [4.69, 9.17) is 0 Å². The smallest absolute Gasteiger partial charge is 0.326 e. The Hall–Kier alpha value is -2.28. The van der Waals surface area contributed by atoms with Crippen LogP contribution in [0.2, 0.25) is 0 Å². The lowest BCUT2D eigenvalue weighted by Gasteiger charge is -2.18. The third kappa shape index (κ3) is 4.85. The maximum atomic E-state index is 12.4. The molecule has 0 aliphatic carbocycles. The monoisotopic (exact) mass is 362 g/mol. The van der Waals surface area contributed by atoms with Crippen LogP contribution in [0.3, 0.4) is 0 Å². The van der Waals surface area contributed by atoms with Gasteiger partial charge in [-0.05, 0) is 43.9 Å². The molecule has 0 bridgehead atoms. The number of carbonyl (C=O) groups is 3. The molecule has 6 nitrogen and oxygen atoms in total. The molecule has 1 fully saturated rings. The number of benzene rings is 1. The molecule has 2 unspecified atom stereocenters. The average molecular weight is 362 g/mol. The van der Waals surface area contributed by atoms with Crippen molar-refractivity contribution < 1.29 is 19.5 Å². The van der Waals surface area contributed by atoms with E-state index in [9.17, 15) is 19.5 Å². The zero-order valence-electron chi connectivity index (χ0n) is 14.3. The number of carboxylic acids is 1. The maximum absolute atomic E-state index is 12.4. The van der Waals surface area contributed by atoms with Gasteiger partial charge in [0, 0.05) is 23.5 Å². The Labute approximate surface area is 151 Å². The molecule has 25 heavy (non-hydrogen) atoms. The fourth-order valence-corrected chi connectivity index (χ4v) is 3.09. The van der Waals surface area contributed by atoms with Crippen LogP contribution < -0.4 is 10.2 Å². The van der Waals surface area contributed by atoms with Crippen LogP contribution in [-0.4, -0.2) is 41.7 Å². The first kappa shape index (κ1) is 19.1. The van der Waals surface area contributed by atoms with Gasteiger partial charge in [0.1, 0.15) is 6.04 Å². The highest BCUT2D eigenvalue weighted by Gasteiger charge is 2.36. The largest absolute Gasteiger partial charge is 0.480 e. The van der Waals surface area contributed by atoms with E-state index in [-0.39, 0.29) is 25.3 Å². The van der Waals surface area contributed by atoms with E-state index >= 15 is 0 Å². The van der Waals surface area contributed by atoms with Gasteiger partial charge in [0.2, 0.25) is 11.8 Å². The molecule has 0 saturated carbocycles. The molecule has 1 aromatic carbocycles. The van der Waals surface area contributed by atoms with E-state index < -0.39 is 23.8 Å². The standard InChI is InChI=1S/C18H22N2O4S/c1-3-4-5-15(18(23)24)19-17(22)12-10-16(21)20(11-12)13-6-8-14(25-2)9-7-13/h3-4,6-9,12,15H,5,10-11H2,1-2H3,(H,19,22)(H,23,24)/b4-3+. The minimum atomic E-state index is -1.08. The van der Waals surface area contributed by atoms with Crippen LogP contribution in [0, 0.1) is 5.92 Å². The van der Waals surface area contributed by atoms with Crippen LogP contribution in [0.15, 0.2) is 41.3 Å².